The second-order valence-corrected chi connectivity index (χ2v) is 8.38. The van der Waals surface area contributed by atoms with Crippen molar-refractivity contribution in [1.82, 2.24) is 14.5 Å². The molecule has 3 heterocycles. The van der Waals surface area contributed by atoms with Gasteiger partial charge in [0.2, 0.25) is 11.9 Å². The van der Waals surface area contributed by atoms with Crippen molar-refractivity contribution >= 4 is 29.0 Å². The smallest absolute Gasteiger partial charge is 0.248 e. The number of aromatic nitrogens is 2. The number of carbonyl (C=O) groups is 1. The van der Waals surface area contributed by atoms with Gasteiger partial charge in [0.25, 0.3) is 0 Å². The molecule has 1 aromatic carbocycles. The van der Waals surface area contributed by atoms with Crippen LogP contribution in [0.2, 0.25) is 0 Å². The summed E-state index contributed by atoms with van der Waals surface area (Å²) in [6, 6.07) is 5.75. The summed E-state index contributed by atoms with van der Waals surface area (Å²) in [6.07, 6.45) is 11.5. The first-order chi connectivity index (χ1) is 16.5. The molecule has 6 nitrogen and oxygen atoms in total. The highest BCUT2D eigenvalue weighted by Crippen LogP contribution is 2.35. The maximum atomic E-state index is 14.6. The van der Waals surface area contributed by atoms with Crippen molar-refractivity contribution in [2.45, 2.75) is 39.0 Å². The van der Waals surface area contributed by atoms with Crippen molar-refractivity contribution < 1.29 is 9.18 Å². The maximum absolute atomic E-state index is 14.6. The largest absolute Gasteiger partial charge is 0.310 e. The van der Waals surface area contributed by atoms with Crippen LogP contribution in [-0.2, 0) is 11.2 Å². The molecule has 0 aliphatic carbocycles. The predicted molar refractivity (Wildman–Crippen MR) is 136 cm³/mol. The molecule has 1 amide bonds. The van der Waals surface area contributed by atoms with Crippen molar-refractivity contribution in [1.29, 1.82) is 0 Å². The molecular formula is C27H30FN5O. The zero-order valence-electron chi connectivity index (χ0n) is 20.0. The van der Waals surface area contributed by atoms with Crippen LogP contribution in [0.25, 0.3) is 11.3 Å². The van der Waals surface area contributed by atoms with Crippen LogP contribution >= 0.6 is 0 Å². The van der Waals surface area contributed by atoms with Gasteiger partial charge in [0.15, 0.2) is 0 Å². The van der Waals surface area contributed by atoms with Gasteiger partial charge in [0, 0.05) is 42.9 Å². The van der Waals surface area contributed by atoms with Gasteiger partial charge in [0.1, 0.15) is 18.7 Å². The maximum Gasteiger partial charge on any atom is 0.248 e. The van der Waals surface area contributed by atoms with Crippen LogP contribution in [0.15, 0.2) is 65.5 Å². The Kier molecular flexibility index (Phi) is 7.01. The van der Waals surface area contributed by atoms with E-state index in [2.05, 4.69) is 35.4 Å². The molecule has 2 aliphatic heterocycles. The molecule has 0 spiro atoms. The van der Waals surface area contributed by atoms with Crippen LogP contribution in [-0.4, -0.2) is 52.3 Å². The SMILES string of the molecule is C=CC=C(C(F)=NC)c1cccc2c1CCN1C(=O)CN=C(n3cnc(C(CC)CC)c3)C=C21. The van der Waals surface area contributed by atoms with Crippen molar-refractivity contribution in [3.05, 3.63) is 77.9 Å². The summed E-state index contributed by atoms with van der Waals surface area (Å²) in [5.74, 6) is 0.454. The molecule has 0 fully saturated rings. The third kappa shape index (κ3) is 4.30. The number of nitrogens with zero attached hydrogens (tertiary/aromatic N) is 5. The molecule has 1 aromatic heterocycles. The molecule has 176 valence electrons. The molecule has 0 bridgehead atoms. The molecule has 4 rings (SSSR count). The van der Waals surface area contributed by atoms with E-state index in [1.165, 1.54) is 7.05 Å². The number of amides is 1. The second-order valence-electron chi connectivity index (χ2n) is 8.38. The van der Waals surface area contributed by atoms with Gasteiger partial charge in [-0.05, 0) is 30.4 Å². The Morgan fingerprint density at radius 2 is 2.12 bits per heavy atom. The van der Waals surface area contributed by atoms with Crippen molar-refractivity contribution in [3.8, 4) is 0 Å². The number of allylic oxidation sites excluding steroid dienone is 4. The second kappa shape index (κ2) is 10.1. The van der Waals surface area contributed by atoms with Crippen molar-refractivity contribution in [2.24, 2.45) is 9.98 Å². The van der Waals surface area contributed by atoms with Crippen molar-refractivity contribution in [2.75, 3.05) is 20.1 Å². The highest BCUT2D eigenvalue weighted by atomic mass is 19.1. The number of hydrogen-bond donors (Lipinski definition) is 0. The fourth-order valence-corrected chi connectivity index (χ4v) is 4.70. The van der Waals surface area contributed by atoms with Crippen LogP contribution in [0.4, 0.5) is 4.39 Å². The Morgan fingerprint density at radius 3 is 2.82 bits per heavy atom. The first kappa shape index (κ1) is 23.5. The average molecular weight is 460 g/mol. The summed E-state index contributed by atoms with van der Waals surface area (Å²) >= 11 is 0. The van der Waals surface area contributed by atoms with Crippen LogP contribution in [0.3, 0.4) is 0 Å². The van der Waals surface area contributed by atoms with Gasteiger partial charge in [-0.3, -0.25) is 19.3 Å². The fourth-order valence-electron chi connectivity index (χ4n) is 4.70. The number of aliphatic imine (C=N–C) groups is 2. The molecule has 0 N–H and O–H groups in total. The summed E-state index contributed by atoms with van der Waals surface area (Å²) in [6.45, 7) is 8.62. The molecule has 7 heteroatoms. The number of imidazole rings is 1. The Labute approximate surface area is 199 Å². The van der Waals surface area contributed by atoms with E-state index in [1.807, 2.05) is 35.0 Å². The zero-order valence-corrected chi connectivity index (χ0v) is 20.0. The first-order valence-electron chi connectivity index (χ1n) is 11.7. The Morgan fingerprint density at radius 1 is 1.32 bits per heavy atom. The minimum atomic E-state index is -0.545. The summed E-state index contributed by atoms with van der Waals surface area (Å²) in [5, 5.41) is 0. The molecule has 0 radical (unpaired) electrons. The van der Waals surface area contributed by atoms with Crippen molar-refractivity contribution in [3.63, 3.8) is 0 Å². The van der Waals surface area contributed by atoms with E-state index >= 15 is 0 Å². The minimum Gasteiger partial charge on any atom is -0.310 e. The molecule has 2 aromatic rings. The quantitative estimate of drug-likeness (QED) is 0.449. The van der Waals surface area contributed by atoms with Gasteiger partial charge in [-0.15, -0.1) is 0 Å². The highest BCUT2D eigenvalue weighted by Gasteiger charge is 2.30. The monoisotopic (exact) mass is 459 g/mol. The van der Waals surface area contributed by atoms with Crippen LogP contribution in [0.5, 0.6) is 0 Å². The van der Waals surface area contributed by atoms with Gasteiger partial charge >= 0.3 is 0 Å². The number of fused-ring (bicyclic) bond motifs is 3. The Balaban J connectivity index is 1.82. The van der Waals surface area contributed by atoms with E-state index in [-0.39, 0.29) is 12.5 Å². The number of hydrogen-bond acceptors (Lipinski definition) is 4. The lowest BCUT2D eigenvalue weighted by Gasteiger charge is -2.32. The standard InChI is InChI=1S/C27H30FN5O/c1-5-9-22(27(28)29-4)19-10-8-11-21-20(19)12-13-33-24(21)14-25(30-15-26(33)34)32-16-23(31-17-32)18(6-2)7-3/h5,8-11,14,16-18H,1,6-7,12-13,15H2,2-4H3. The number of carbonyl (C=O) groups excluding carboxylic acids is 1. The Bertz CT molecular complexity index is 1230. The lowest BCUT2D eigenvalue weighted by atomic mass is 9.88. The van der Waals surface area contributed by atoms with Gasteiger partial charge < -0.3 is 4.90 Å². The van der Waals surface area contributed by atoms with Gasteiger partial charge in [0.05, 0.1) is 11.4 Å². The predicted octanol–water partition coefficient (Wildman–Crippen LogP) is 5.04. The topological polar surface area (TPSA) is 62.9 Å². The van der Waals surface area contributed by atoms with Crippen LogP contribution < -0.4 is 0 Å². The third-order valence-electron chi connectivity index (χ3n) is 6.54. The van der Waals surface area contributed by atoms with Crippen LogP contribution in [0, 0.1) is 0 Å². The molecule has 2 aliphatic rings. The molecule has 34 heavy (non-hydrogen) atoms. The molecular weight excluding hydrogens is 429 g/mol. The van der Waals surface area contributed by atoms with Gasteiger partial charge in [-0.25, -0.2) is 4.98 Å². The van der Waals surface area contributed by atoms with E-state index in [0.29, 0.717) is 30.3 Å². The molecule has 0 saturated heterocycles. The average Bonchev–Trinajstić information content (AvgIpc) is 3.27. The van der Waals surface area contributed by atoms with E-state index < -0.39 is 5.97 Å². The number of rotatable bonds is 6. The summed E-state index contributed by atoms with van der Waals surface area (Å²) in [5.41, 5.74) is 4.82. The number of halogens is 1. The van der Waals surface area contributed by atoms with E-state index in [1.54, 1.807) is 23.4 Å². The highest BCUT2D eigenvalue weighted by molar-refractivity contribution is 6.20. The number of benzene rings is 1. The van der Waals surface area contributed by atoms with Crippen LogP contribution in [0.1, 0.15) is 55.0 Å². The molecule has 0 unspecified atom stereocenters. The lowest BCUT2D eigenvalue weighted by Crippen LogP contribution is -2.36. The fraction of sp³-hybridized carbons (Fsp3) is 0.333. The normalized spacial score (nSPS) is 16.6. The third-order valence-corrected chi connectivity index (χ3v) is 6.54. The summed E-state index contributed by atoms with van der Waals surface area (Å²) in [4.78, 5) is 27.7. The van der Waals surface area contributed by atoms with E-state index in [0.717, 1.165) is 40.9 Å². The van der Waals surface area contributed by atoms with E-state index in [9.17, 15) is 9.18 Å². The minimum absolute atomic E-state index is 0.0548. The van der Waals surface area contributed by atoms with E-state index in [4.69, 9.17) is 0 Å². The lowest BCUT2D eigenvalue weighted by molar-refractivity contribution is -0.126. The van der Waals surface area contributed by atoms with Gasteiger partial charge in [-0.1, -0.05) is 50.8 Å². The summed E-state index contributed by atoms with van der Waals surface area (Å²) in [7, 11) is 1.43. The Hall–Kier alpha value is -3.61. The van der Waals surface area contributed by atoms with Gasteiger partial charge in [-0.2, -0.15) is 4.39 Å². The first-order valence-corrected chi connectivity index (χ1v) is 11.7. The zero-order chi connectivity index (χ0) is 24.2. The molecule has 0 atom stereocenters. The summed E-state index contributed by atoms with van der Waals surface area (Å²) < 4.78 is 16.5. The molecule has 0 saturated carbocycles.